The number of carbonyl (C=O) groups is 2. The van der Waals surface area contributed by atoms with Crippen molar-refractivity contribution >= 4 is 23.6 Å². The second-order valence-electron chi connectivity index (χ2n) is 5.94. The summed E-state index contributed by atoms with van der Waals surface area (Å²) in [5.41, 5.74) is 0. The second-order valence-corrected chi connectivity index (χ2v) is 7.02. The molecule has 1 fully saturated rings. The lowest BCUT2D eigenvalue weighted by Gasteiger charge is -2.30. The van der Waals surface area contributed by atoms with Gasteiger partial charge in [0.15, 0.2) is 0 Å². The van der Waals surface area contributed by atoms with Crippen LogP contribution in [0.1, 0.15) is 52.4 Å². The van der Waals surface area contributed by atoms with Crippen molar-refractivity contribution in [3.8, 4) is 0 Å². The lowest BCUT2D eigenvalue weighted by Crippen LogP contribution is -2.47. The summed E-state index contributed by atoms with van der Waals surface area (Å²) < 4.78 is 0. The molecule has 0 unspecified atom stereocenters. The molecule has 0 aromatic rings. The molecule has 1 saturated carbocycles. The maximum absolute atomic E-state index is 11.9. The fraction of sp³-hybridized carbons (Fsp3) is 0.867. The van der Waals surface area contributed by atoms with Gasteiger partial charge in [-0.3, -0.25) is 9.59 Å². The van der Waals surface area contributed by atoms with Crippen molar-refractivity contribution in [3.05, 3.63) is 0 Å². The third-order valence-corrected chi connectivity index (χ3v) is 4.92. The smallest absolute Gasteiger partial charge is 0.239 e. The minimum Gasteiger partial charge on any atom is -0.351 e. The van der Waals surface area contributed by atoms with Gasteiger partial charge in [0.25, 0.3) is 0 Å². The van der Waals surface area contributed by atoms with Gasteiger partial charge in [-0.05, 0) is 31.4 Å². The highest BCUT2D eigenvalue weighted by molar-refractivity contribution is 7.99. The minimum atomic E-state index is -0.0613. The summed E-state index contributed by atoms with van der Waals surface area (Å²) in [5, 5.41) is 6.29. The molecule has 0 aromatic heterocycles. The van der Waals surface area contributed by atoms with E-state index in [1.165, 1.54) is 19.3 Å². The average Bonchev–Trinajstić information content (AvgIpc) is 2.43. The molecular formula is C15H28N2O2S. The van der Waals surface area contributed by atoms with E-state index in [0.29, 0.717) is 17.6 Å². The van der Waals surface area contributed by atoms with Gasteiger partial charge in [-0.15, -0.1) is 0 Å². The molecule has 2 N–H and O–H groups in total. The highest BCUT2D eigenvalue weighted by Gasteiger charge is 2.25. The van der Waals surface area contributed by atoms with E-state index >= 15 is 0 Å². The number of rotatable bonds is 7. The van der Waals surface area contributed by atoms with Crippen LogP contribution in [-0.4, -0.2) is 35.9 Å². The Morgan fingerprint density at radius 2 is 1.90 bits per heavy atom. The van der Waals surface area contributed by atoms with Crippen molar-refractivity contribution in [1.29, 1.82) is 0 Å². The fourth-order valence-electron chi connectivity index (χ4n) is 2.49. The molecule has 0 saturated heterocycles. The lowest BCUT2D eigenvalue weighted by atomic mass is 9.95. The van der Waals surface area contributed by atoms with Crippen molar-refractivity contribution in [2.45, 2.75) is 63.7 Å². The van der Waals surface area contributed by atoms with Crippen LogP contribution in [0.3, 0.4) is 0 Å². The Labute approximate surface area is 126 Å². The predicted octanol–water partition coefficient (Wildman–Crippen LogP) is 2.33. The van der Waals surface area contributed by atoms with Crippen molar-refractivity contribution in [1.82, 2.24) is 10.6 Å². The van der Waals surface area contributed by atoms with Gasteiger partial charge >= 0.3 is 0 Å². The first-order chi connectivity index (χ1) is 9.52. The van der Waals surface area contributed by atoms with Crippen molar-refractivity contribution in [3.63, 3.8) is 0 Å². The molecule has 0 heterocycles. The quantitative estimate of drug-likeness (QED) is 0.758. The number of amides is 2. The molecule has 116 valence electrons. The zero-order chi connectivity index (χ0) is 15.0. The molecule has 0 spiro atoms. The minimum absolute atomic E-state index is 0.0288. The van der Waals surface area contributed by atoms with Gasteiger partial charge < -0.3 is 10.6 Å². The molecular weight excluding hydrogens is 272 g/mol. The Kier molecular flexibility index (Phi) is 8.04. The van der Waals surface area contributed by atoms with Gasteiger partial charge in [-0.25, -0.2) is 0 Å². The lowest BCUT2D eigenvalue weighted by molar-refractivity contribution is -0.126. The van der Waals surface area contributed by atoms with Crippen molar-refractivity contribution in [2.75, 3.05) is 12.8 Å². The van der Waals surface area contributed by atoms with E-state index in [0.717, 1.165) is 12.8 Å². The summed E-state index contributed by atoms with van der Waals surface area (Å²) in [6.07, 6.45) is 8.13. The number of hydrogen-bond donors (Lipinski definition) is 2. The van der Waals surface area contributed by atoms with Gasteiger partial charge in [-0.2, -0.15) is 11.8 Å². The molecule has 0 bridgehead atoms. The van der Waals surface area contributed by atoms with Gasteiger partial charge in [0.2, 0.25) is 11.8 Å². The average molecular weight is 300 g/mol. The van der Waals surface area contributed by atoms with Crippen LogP contribution in [0.5, 0.6) is 0 Å². The molecule has 1 aliphatic carbocycles. The summed E-state index contributed by atoms with van der Waals surface area (Å²) in [6, 6.07) is 0.263. The summed E-state index contributed by atoms with van der Waals surface area (Å²) >= 11 is 1.83. The molecule has 2 atom stereocenters. The monoisotopic (exact) mass is 300 g/mol. The molecule has 4 nitrogen and oxygen atoms in total. The van der Waals surface area contributed by atoms with Crippen LogP contribution in [0.25, 0.3) is 0 Å². The zero-order valence-electron chi connectivity index (χ0n) is 12.9. The summed E-state index contributed by atoms with van der Waals surface area (Å²) in [4.78, 5) is 23.4. The van der Waals surface area contributed by atoms with Gasteiger partial charge in [0.1, 0.15) is 0 Å². The zero-order valence-corrected chi connectivity index (χ0v) is 13.7. The van der Waals surface area contributed by atoms with Crippen LogP contribution in [0, 0.1) is 5.92 Å². The highest BCUT2D eigenvalue weighted by Crippen LogP contribution is 2.26. The summed E-state index contributed by atoms with van der Waals surface area (Å²) in [5.74, 6) is 0.423. The molecule has 5 heteroatoms. The van der Waals surface area contributed by atoms with Crippen LogP contribution in [-0.2, 0) is 9.59 Å². The maximum atomic E-state index is 11.9. The van der Waals surface area contributed by atoms with E-state index in [2.05, 4.69) is 30.7 Å². The summed E-state index contributed by atoms with van der Waals surface area (Å²) in [7, 11) is 0. The Morgan fingerprint density at radius 3 is 2.55 bits per heavy atom. The first-order valence-corrected chi connectivity index (χ1v) is 8.90. The Morgan fingerprint density at radius 1 is 1.20 bits per heavy atom. The number of nitrogens with one attached hydrogen (secondary N) is 2. The first-order valence-electron chi connectivity index (χ1n) is 7.61. The third-order valence-electron chi connectivity index (χ3n) is 3.75. The van der Waals surface area contributed by atoms with E-state index < -0.39 is 0 Å². The van der Waals surface area contributed by atoms with Crippen LogP contribution in [0.15, 0.2) is 0 Å². The normalized spacial score (nSPS) is 22.6. The predicted molar refractivity (Wildman–Crippen MR) is 84.8 cm³/mol. The van der Waals surface area contributed by atoms with Gasteiger partial charge in [0.05, 0.1) is 6.54 Å². The first kappa shape index (κ1) is 17.3. The number of thioether (sulfide) groups is 1. The van der Waals surface area contributed by atoms with Crippen LogP contribution in [0.2, 0.25) is 0 Å². The second kappa shape index (κ2) is 9.27. The Bertz CT molecular complexity index is 321. The molecule has 0 radical (unpaired) electrons. The van der Waals surface area contributed by atoms with Crippen LogP contribution < -0.4 is 10.6 Å². The van der Waals surface area contributed by atoms with Crippen LogP contribution in [0.4, 0.5) is 0 Å². The number of hydrogen-bond acceptors (Lipinski definition) is 3. The van der Waals surface area contributed by atoms with E-state index in [9.17, 15) is 9.59 Å². The topological polar surface area (TPSA) is 58.2 Å². The number of carbonyl (C=O) groups excluding carboxylic acids is 2. The SMILES string of the molecule is CS[C@@H]1CCCC[C@H]1NC(=O)CNC(=O)CCC(C)C. The molecule has 0 aromatic carbocycles. The molecule has 1 aliphatic rings. The fourth-order valence-corrected chi connectivity index (χ4v) is 3.42. The summed E-state index contributed by atoms with van der Waals surface area (Å²) in [6.45, 7) is 4.28. The molecule has 0 aliphatic heterocycles. The van der Waals surface area contributed by atoms with E-state index in [1.54, 1.807) is 0 Å². The van der Waals surface area contributed by atoms with Gasteiger partial charge in [0, 0.05) is 17.7 Å². The largest absolute Gasteiger partial charge is 0.351 e. The third kappa shape index (κ3) is 6.64. The van der Waals surface area contributed by atoms with E-state index in [4.69, 9.17) is 0 Å². The Balaban J connectivity index is 2.23. The molecule has 1 rings (SSSR count). The highest BCUT2D eigenvalue weighted by atomic mass is 32.2. The molecule has 20 heavy (non-hydrogen) atoms. The van der Waals surface area contributed by atoms with Crippen LogP contribution >= 0.6 is 11.8 Å². The van der Waals surface area contributed by atoms with E-state index in [1.807, 2.05) is 11.8 Å². The molecule has 2 amide bonds. The maximum Gasteiger partial charge on any atom is 0.239 e. The Hall–Kier alpha value is -0.710. The van der Waals surface area contributed by atoms with Gasteiger partial charge in [-0.1, -0.05) is 26.7 Å². The van der Waals surface area contributed by atoms with E-state index in [-0.39, 0.29) is 24.4 Å². The van der Waals surface area contributed by atoms with Crippen molar-refractivity contribution in [2.24, 2.45) is 5.92 Å². The van der Waals surface area contributed by atoms with Crippen molar-refractivity contribution < 1.29 is 9.59 Å². The standard InChI is InChI=1S/C15H28N2O2S/c1-11(2)8-9-14(18)16-10-15(19)17-12-6-4-5-7-13(12)20-3/h11-13H,4-10H2,1-3H3,(H,16,18)(H,17,19)/t12-,13-/m1/s1.